The van der Waals surface area contributed by atoms with E-state index in [9.17, 15) is 9.32 Å². The lowest BCUT2D eigenvalue weighted by Crippen LogP contribution is -2.36. The summed E-state index contributed by atoms with van der Waals surface area (Å²) in [4.78, 5) is 0. The van der Waals surface area contributed by atoms with Crippen LogP contribution >= 0.6 is 0 Å². The molecule has 0 aliphatic heterocycles. The first-order valence-electron chi connectivity index (χ1n) is 6.65. The molecule has 0 aromatic carbocycles. The largest absolute Gasteiger partial charge is 0.389 e. The second-order valence-electron chi connectivity index (χ2n) is 5.39. The molecule has 0 saturated heterocycles. The van der Waals surface area contributed by atoms with E-state index in [0.717, 1.165) is 6.42 Å². The van der Waals surface area contributed by atoms with Gasteiger partial charge in [0.05, 0.1) is 18.8 Å². The third-order valence-electron chi connectivity index (χ3n) is 2.75. The normalized spacial score (nSPS) is 18.6. The topological polar surface area (TPSA) is 58.6 Å². The van der Waals surface area contributed by atoms with Crippen molar-refractivity contribution in [3.05, 3.63) is 0 Å². The van der Waals surface area contributed by atoms with Crippen LogP contribution in [0.5, 0.6) is 0 Å². The average Bonchev–Trinajstić information content (AvgIpc) is 2.25. The lowest BCUT2D eigenvalue weighted by Gasteiger charge is -2.18. The average molecular weight is 279 g/mol. The summed E-state index contributed by atoms with van der Waals surface area (Å²) in [6.45, 7) is 9.76. The van der Waals surface area contributed by atoms with Crippen molar-refractivity contribution < 1.29 is 14.1 Å². The van der Waals surface area contributed by atoms with Gasteiger partial charge in [0, 0.05) is 35.4 Å². The van der Waals surface area contributed by atoms with E-state index in [2.05, 4.69) is 19.2 Å². The van der Waals surface area contributed by atoms with Gasteiger partial charge in [-0.3, -0.25) is 4.21 Å². The molecule has 0 spiro atoms. The molecular formula is C13H29NO3S. The monoisotopic (exact) mass is 279 g/mol. The highest BCUT2D eigenvalue weighted by Gasteiger charge is 2.11. The van der Waals surface area contributed by atoms with Crippen LogP contribution in [0.4, 0.5) is 0 Å². The van der Waals surface area contributed by atoms with E-state index >= 15 is 0 Å². The number of nitrogens with one attached hydrogen (secondary N) is 1. The Morgan fingerprint density at radius 2 is 1.83 bits per heavy atom. The maximum absolute atomic E-state index is 11.1. The summed E-state index contributed by atoms with van der Waals surface area (Å²) in [6.07, 6.45) is 2.38. The van der Waals surface area contributed by atoms with Gasteiger partial charge in [0.1, 0.15) is 0 Å². The van der Waals surface area contributed by atoms with E-state index in [1.807, 2.05) is 13.8 Å². The summed E-state index contributed by atoms with van der Waals surface area (Å²) in [5.74, 6) is 0.607. The molecule has 0 radical (unpaired) electrons. The minimum absolute atomic E-state index is 0.109. The Kier molecular flexibility index (Phi) is 9.91. The van der Waals surface area contributed by atoms with Crippen molar-refractivity contribution in [1.82, 2.24) is 5.32 Å². The highest BCUT2D eigenvalue weighted by molar-refractivity contribution is 7.84. The van der Waals surface area contributed by atoms with Gasteiger partial charge < -0.3 is 15.2 Å². The second-order valence-corrected chi connectivity index (χ2v) is 7.20. The van der Waals surface area contributed by atoms with Crippen molar-refractivity contribution in [2.45, 2.75) is 51.6 Å². The van der Waals surface area contributed by atoms with Crippen molar-refractivity contribution in [2.75, 3.05) is 26.0 Å². The molecule has 0 saturated carbocycles. The van der Waals surface area contributed by atoms with Crippen LogP contribution in [0.15, 0.2) is 0 Å². The Bertz CT molecular complexity index is 236. The molecule has 0 fully saturated rings. The van der Waals surface area contributed by atoms with Crippen LogP contribution in [0.3, 0.4) is 0 Å². The van der Waals surface area contributed by atoms with Crippen LogP contribution in [-0.4, -0.2) is 52.7 Å². The predicted molar refractivity (Wildman–Crippen MR) is 77.3 cm³/mol. The Labute approximate surface area is 114 Å². The summed E-state index contributed by atoms with van der Waals surface area (Å²) >= 11 is 0. The van der Waals surface area contributed by atoms with Gasteiger partial charge in [0.2, 0.25) is 0 Å². The number of ether oxygens (including phenoxy) is 1. The van der Waals surface area contributed by atoms with Crippen molar-refractivity contribution >= 4 is 10.8 Å². The van der Waals surface area contributed by atoms with E-state index in [0.29, 0.717) is 25.6 Å². The van der Waals surface area contributed by atoms with Crippen molar-refractivity contribution in [3.8, 4) is 0 Å². The summed E-state index contributed by atoms with van der Waals surface area (Å²) < 4.78 is 16.7. The highest BCUT2D eigenvalue weighted by atomic mass is 32.2. The smallest absolute Gasteiger partial charge is 0.0897 e. The van der Waals surface area contributed by atoms with Gasteiger partial charge in [-0.15, -0.1) is 0 Å². The first kappa shape index (κ1) is 18.0. The fourth-order valence-corrected chi connectivity index (χ4v) is 1.99. The van der Waals surface area contributed by atoms with Crippen LogP contribution in [0, 0.1) is 5.92 Å². The lowest BCUT2D eigenvalue weighted by molar-refractivity contribution is -0.00838. The molecular weight excluding hydrogens is 250 g/mol. The molecule has 0 aliphatic carbocycles. The molecule has 0 aromatic heterocycles. The Hall–Kier alpha value is 0.0300. The number of hydrogen-bond acceptors (Lipinski definition) is 4. The van der Waals surface area contributed by atoms with Gasteiger partial charge in [0.25, 0.3) is 0 Å². The fraction of sp³-hybridized carbons (Fsp3) is 1.00. The molecule has 2 N–H and O–H groups in total. The van der Waals surface area contributed by atoms with E-state index in [1.165, 1.54) is 0 Å². The van der Waals surface area contributed by atoms with Gasteiger partial charge in [-0.25, -0.2) is 0 Å². The van der Waals surface area contributed by atoms with Gasteiger partial charge >= 0.3 is 0 Å². The summed E-state index contributed by atoms with van der Waals surface area (Å²) in [5.41, 5.74) is 0. The number of aliphatic hydroxyl groups is 1. The molecule has 0 aliphatic rings. The first-order valence-corrected chi connectivity index (χ1v) is 8.27. The second kappa shape index (κ2) is 9.89. The number of aliphatic hydroxyl groups excluding tert-OH is 1. The maximum atomic E-state index is 11.1. The van der Waals surface area contributed by atoms with Gasteiger partial charge in [0.15, 0.2) is 0 Å². The zero-order chi connectivity index (χ0) is 14.1. The summed E-state index contributed by atoms with van der Waals surface area (Å²) in [5, 5.41) is 12.9. The van der Waals surface area contributed by atoms with E-state index in [4.69, 9.17) is 4.74 Å². The third kappa shape index (κ3) is 10.00. The van der Waals surface area contributed by atoms with Gasteiger partial charge in [-0.2, -0.15) is 0 Å². The number of hydrogen-bond donors (Lipinski definition) is 2. The van der Waals surface area contributed by atoms with Crippen LogP contribution in [0.2, 0.25) is 0 Å². The summed E-state index contributed by atoms with van der Waals surface area (Å²) in [7, 11) is -0.818. The fourth-order valence-electron chi connectivity index (χ4n) is 1.64. The molecule has 4 nitrogen and oxygen atoms in total. The Morgan fingerprint density at radius 3 is 2.33 bits per heavy atom. The predicted octanol–water partition coefficient (Wildman–Crippen LogP) is 1.16. The molecule has 0 rings (SSSR count). The molecule has 110 valence electrons. The van der Waals surface area contributed by atoms with E-state index in [-0.39, 0.29) is 11.4 Å². The van der Waals surface area contributed by atoms with Crippen molar-refractivity contribution in [2.24, 2.45) is 5.92 Å². The minimum Gasteiger partial charge on any atom is -0.389 e. The van der Waals surface area contributed by atoms with Crippen LogP contribution < -0.4 is 5.32 Å². The molecule has 5 heteroatoms. The van der Waals surface area contributed by atoms with E-state index < -0.39 is 16.9 Å². The first-order chi connectivity index (χ1) is 8.32. The standard InChI is InChI=1S/C13H29NO3S/c1-10(2)6-11(3)17-9-13(15)8-14-7-12(4)18(5)16/h10-15H,6-9H2,1-5H3. The zero-order valence-corrected chi connectivity index (χ0v) is 13.1. The lowest BCUT2D eigenvalue weighted by atomic mass is 10.1. The van der Waals surface area contributed by atoms with Crippen LogP contribution in [-0.2, 0) is 15.5 Å². The van der Waals surface area contributed by atoms with E-state index in [1.54, 1.807) is 6.26 Å². The van der Waals surface area contributed by atoms with Crippen LogP contribution in [0.1, 0.15) is 34.1 Å². The molecule has 0 bridgehead atoms. The SMILES string of the molecule is CC(C)CC(C)OCC(O)CNCC(C)S(C)=O. The maximum Gasteiger partial charge on any atom is 0.0897 e. The molecule has 0 amide bonds. The van der Waals surface area contributed by atoms with Crippen molar-refractivity contribution in [3.63, 3.8) is 0 Å². The summed E-state index contributed by atoms with van der Waals surface area (Å²) in [6, 6.07) is 0. The molecule has 0 aromatic rings. The zero-order valence-electron chi connectivity index (χ0n) is 12.3. The van der Waals surface area contributed by atoms with Gasteiger partial charge in [-0.05, 0) is 26.2 Å². The highest BCUT2D eigenvalue weighted by Crippen LogP contribution is 2.07. The van der Waals surface area contributed by atoms with Crippen molar-refractivity contribution in [1.29, 1.82) is 0 Å². The van der Waals surface area contributed by atoms with Gasteiger partial charge in [-0.1, -0.05) is 13.8 Å². The Balaban J connectivity index is 3.59. The molecule has 4 unspecified atom stereocenters. The Morgan fingerprint density at radius 1 is 1.22 bits per heavy atom. The third-order valence-corrected chi connectivity index (χ3v) is 4.05. The molecule has 18 heavy (non-hydrogen) atoms. The quantitative estimate of drug-likeness (QED) is 0.630. The molecule has 4 atom stereocenters. The van der Waals surface area contributed by atoms with Crippen LogP contribution in [0.25, 0.3) is 0 Å². The minimum atomic E-state index is -0.818. The molecule has 0 heterocycles. The number of rotatable bonds is 10.